The monoisotopic (exact) mass is 291 g/mol. The summed E-state index contributed by atoms with van der Waals surface area (Å²) in [6.07, 6.45) is 2.87. The molecule has 2 nitrogen and oxygen atoms in total. The van der Waals surface area contributed by atoms with E-state index in [9.17, 15) is 4.79 Å². The number of aryl methyl sites for hydroxylation is 1. The highest BCUT2D eigenvalue weighted by Gasteiger charge is 2.24. The van der Waals surface area contributed by atoms with Crippen molar-refractivity contribution in [3.8, 4) is 0 Å². The number of ketones is 1. The Morgan fingerprint density at radius 2 is 2.29 bits per heavy atom. The van der Waals surface area contributed by atoms with Gasteiger partial charge < -0.3 is 4.98 Å². The smallest absolute Gasteiger partial charge is 0.133 e. The molecule has 0 spiro atoms. The summed E-state index contributed by atoms with van der Waals surface area (Å²) < 4.78 is 1.11. The zero-order chi connectivity index (χ0) is 12.0. The number of halogens is 1. The van der Waals surface area contributed by atoms with E-state index in [0.29, 0.717) is 5.78 Å². The Bertz CT molecular complexity index is 600. The Morgan fingerprint density at radius 1 is 1.47 bits per heavy atom. The zero-order valence-corrected chi connectivity index (χ0v) is 11.3. The molecule has 17 heavy (non-hydrogen) atoms. The van der Waals surface area contributed by atoms with Crippen molar-refractivity contribution in [1.29, 1.82) is 0 Å². The lowest BCUT2D eigenvalue weighted by atomic mass is 9.85. The summed E-state index contributed by atoms with van der Waals surface area (Å²) in [7, 11) is 0. The fraction of sp³-hybridized carbons (Fsp3) is 0.357. The van der Waals surface area contributed by atoms with Crippen molar-refractivity contribution in [2.75, 3.05) is 0 Å². The first-order valence-electron chi connectivity index (χ1n) is 5.94. The molecule has 1 heterocycles. The summed E-state index contributed by atoms with van der Waals surface area (Å²) in [6.45, 7) is 1.70. The SMILES string of the molecule is CC(=O)C1CCc2c([nH]c3ccc(Br)cc23)C1. The number of benzene rings is 1. The zero-order valence-electron chi connectivity index (χ0n) is 9.72. The summed E-state index contributed by atoms with van der Waals surface area (Å²) in [4.78, 5) is 14.9. The molecular weight excluding hydrogens is 278 g/mol. The molecule has 0 fully saturated rings. The van der Waals surface area contributed by atoms with E-state index in [4.69, 9.17) is 0 Å². The van der Waals surface area contributed by atoms with Gasteiger partial charge in [-0.1, -0.05) is 15.9 Å². The lowest BCUT2D eigenvalue weighted by molar-refractivity contribution is -0.121. The molecule has 0 saturated heterocycles. The minimum atomic E-state index is 0.207. The van der Waals surface area contributed by atoms with E-state index in [1.165, 1.54) is 22.2 Å². The predicted molar refractivity (Wildman–Crippen MR) is 72.2 cm³/mol. The van der Waals surface area contributed by atoms with E-state index in [0.717, 1.165) is 23.7 Å². The first-order valence-corrected chi connectivity index (χ1v) is 6.74. The van der Waals surface area contributed by atoms with E-state index in [2.05, 4.69) is 33.0 Å². The van der Waals surface area contributed by atoms with Crippen molar-refractivity contribution in [2.45, 2.75) is 26.2 Å². The van der Waals surface area contributed by atoms with Crippen molar-refractivity contribution in [1.82, 2.24) is 4.98 Å². The van der Waals surface area contributed by atoms with Gasteiger partial charge in [0, 0.05) is 27.0 Å². The Labute approximate surface area is 109 Å². The number of aromatic nitrogens is 1. The van der Waals surface area contributed by atoms with Crippen LogP contribution in [0.25, 0.3) is 10.9 Å². The highest BCUT2D eigenvalue weighted by molar-refractivity contribution is 9.10. The molecule has 0 bridgehead atoms. The normalized spacial score (nSPS) is 19.3. The Hall–Kier alpha value is -1.09. The number of carbonyl (C=O) groups excluding carboxylic acids is 1. The van der Waals surface area contributed by atoms with Gasteiger partial charge in [-0.15, -0.1) is 0 Å². The van der Waals surface area contributed by atoms with Crippen LogP contribution >= 0.6 is 15.9 Å². The summed E-state index contributed by atoms with van der Waals surface area (Å²) >= 11 is 3.51. The maximum Gasteiger partial charge on any atom is 0.133 e. The number of H-pyrrole nitrogens is 1. The Balaban J connectivity index is 2.10. The number of aromatic amines is 1. The van der Waals surface area contributed by atoms with Crippen LogP contribution in [0.1, 0.15) is 24.6 Å². The summed E-state index contributed by atoms with van der Waals surface area (Å²) in [5, 5.41) is 1.30. The minimum absolute atomic E-state index is 0.207. The minimum Gasteiger partial charge on any atom is -0.358 e. The largest absolute Gasteiger partial charge is 0.358 e. The van der Waals surface area contributed by atoms with Gasteiger partial charge in [0.15, 0.2) is 0 Å². The number of Topliss-reactive ketones (excluding diaryl/α,β-unsaturated/α-hetero) is 1. The molecule has 1 aromatic heterocycles. The topological polar surface area (TPSA) is 32.9 Å². The van der Waals surface area contributed by atoms with Crippen LogP contribution in [0.15, 0.2) is 22.7 Å². The van der Waals surface area contributed by atoms with E-state index in [-0.39, 0.29) is 5.92 Å². The van der Waals surface area contributed by atoms with Crippen LogP contribution in [0.4, 0.5) is 0 Å². The Morgan fingerprint density at radius 3 is 3.06 bits per heavy atom. The molecule has 1 N–H and O–H groups in total. The second-order valence-electron chi connectivity index (χ2n) is 4.82. The molecule has 3 rings (SSSR count). The van der Waals surface area contributed by atoms with Crippen LogP contribution in [-0.4, -0.2) is 10.8 Å². The molecule has 1 atom stereocenters. The number of fused-ring (bicyclic) bond motifs is 3. The van der Waals surface area contributed by atoms with Crippen molar-refractivity contribution in [3.05, 3.63) is 33.9 Å². The molecular formula is C14H14BrNO. The molecule has 0 aliphatic heterocycles. The van der Waals surface area contributed by atoms with Crippen molar-refractivity contribution < 1.29 is 4.79 Å². The quantitative estimate of drug-likeness (QED) is 0.855. The average Bonchev–Trinajstić information content (AvgIpc) is 2.66. The first-order chi connectivity index (χ1) is 8.15. The van der Waals surface area contributed by atoms with Crippen molar-refractivity contribution in [3.63, 3.8) is 0 Å². The molecule has 0 amide bonds. The molecule has 3 heteroatoms. The molecule has 1 unspecified atom stereocenters. The van der Waals surface area contributed by atoms with E-state index >= 15 is 0 Å². The lowest BCUT2D eigenvalue weighted by Crippen LogP contribution is -2.20. The molecule has 0 saturated carbocycles. The van der Waals surface area contributed by atoms with Crippen LogP contribution in [0.2, 0.25) is 0 Å². The highest BCUT2D eigenvalue weighted by atomic mass is 79.9. The van der Waals surface area contributed by atoms with Gasteiger partial charge in [-0.25, -0.2) is 0 Å². The molecule has 1 aromatic carbocycles. The summed E-state index contributed by atoms with van der Waals surface area (Å²) in [5.41, 5.74) is 3.84. The number of carbonyl (C=O) groups is 1. The van der Waals surface area contributed by atoms with Gasteiger partial charge in [0.05, 0.1) is 0 Å². The van der Waals surface area contributed by atoms with Crippen LogP contribution < -0.4 is 0 Å². The van der Waals surface area contributed by atoms with Crippen LogP contribution in [0.3, 0.4) is 0 Å². The third-order valence-corrected chi connectivity index (χ3v) is 4.22. The molecule has 0 radical (unpaired) electrons. The maximum absolute atomic E-state index is 11.5. The van der Waals surface area contributed by atoms with Crippen LogP contribution in [0, 0.1) is 5.92 Å². The Kier molecular flexibility index (Phi) is 2.58. The van der Waals surface area contributed by atoms with Crippen LogP contribution in [0.5, 0.6) is 0 Å². The van der Waals surface area contributed by atoms with Gasteiger partial charge in [-0.2, -0.15) is 0 Å². The summed E-state index contributed by atoms with van der Waals surface area (Å²) in [6, 6.07) is 6.31. The standard InChI is InChI=1S/C14H14BrNO/c1-8(17)9-2-4-11-12-7-10(15)3-5-13(12)16-14(11)6-9/h3,5,7,9,16H,2,4,6H2,1H3. The highest BCUT2D eigenvalue weighted by Crippen LogP contribution is 2.33. The first kappa shape index (κ1) is 11.0. The number of nitrogens with one attached hydrogen (secondary N) is 1. The van der Waals surface area contributed by atoms with Gasteiger partial charge in [0.1, 0.15) is 5.78 Å². The average molecular weight is 292 g/mol. The lowest BCUT2D eigenvalue weighted by Gasteiger charge is -2.19. The van der Waals surface area contributed by atoms with E-state index < -0.39 is 0 Å². The fourth-order valence-corrected chi connectivity index (χ4v) is 3.11. The second-order valence-corrected chi connectivity index (χ2v) is 5.74. The van der Waals surface area contributed by atoms with Gasteiger partial charge >= 0.3 is 0 Å². The molecule has 1 aliphatic rings. The number of rotatable bonds is 1. The van der Waals surface area contributed by atoms with Crippen molar-refractivity contribution >= 4 is 32.6 Å². The van der Waals surface area contributed by atoms with Gasteiger partial charge in [-0.3, -0.25) is 4.79 Å². The predicted octanol–water partition coefficient (Wildman–Crippen LogP) is 3.62. The summed E-state index contributed by atoms with van der Waals surface area (Å²) in [5.74, 6) is 0.523. The number of hydrogen-bond acceptors (Lipinski definition) is 1. The van der Waals surface area contributed by atoms with Crippen molar-refractivity contribution in [2.24, 2.45) is 5.92 Å². The van der Waals surface area contributed by atoms with Gasteiger partial charge in [-0.05, 0) is 49.9 Å². The molecule has 88 valence electrons. The van der Waals surface area contributed by atoms with E-state index in [1.807, 2.05) is 6.07 Å². The third kappa shape index (κ3) is 1.82. The van der Waals surface area contributed by atoms with Crippen LogP contribution in [-0.2, 0) is 17.6 Å². The fourth-order valence-electron chi connectivity index (χ4n) is 2.75. The molecule has 2 aromatic rings. The number of hydrogen-bond donors (Lipinski definition) is 1. The second kappa shape index (κ2) is 3.98. The van der Waals surface area contributed by atoms with Gasteiger partial charge in [0.2, 0.25) is 0 Å². The molecule has 1 aliphatic carbocycles. The van der Waals surface area contributed by atoms with Gasteiger partial charge in [0.25, 0.3) is 0 Å². The third-order valence-electron chi connectivity index (χ3n) is 3.72. The maximum atomic E-state index is 11.5. The van der Waals surface area contributed by atoms with E-state index in [1.54, 1.807) is 6.92 Å².